The average molecular weight is 701 g/mol. The monoisotopic (exact) mass is 701 g/mol. The second-order valence-corrected chi connectivity index (χ2v) is 15.8. The molecular weight excluding hydrogens is 629 g/mol. The van der Waals surface area contributed by atoms with Crippen LogP contribution in [0.2, 0.25) is 0 Å². The fourth-order valence-corrected chi connectivity index (χ4v) is 8.24. The van der Waals surface area contributed by atoms with Gasteiger partial charge in [0, 0.05) is 23.2 Å². The SMILES string of the molecule is CCCCCCCCCC(c1ccc(N)cc1)c1ccc(CC(CCC)Cc2ccc(C(CCCCCCCCC)c3ccc(N)cc3)cc2)cc1. The van der Waals surface area contributed by atoms with E-state index in [1.807, 2.05) is 0 Å². The van der Waals surface area contributed by atoms with Crippen LogP contribution in [0.3, 0.4) is 0 Å². The zero-order valence-corrected chi connectivity index (χ0v) is 33.3. The van der Waals surface area contributed by atoms with E-state index in [1.54, 1.807) is 0 Å². The highest BCUT2D eigenvalue weighted by molar-refractivity contribution is 5.44. The Kier molecular flexibility index (Phi) is 19.0. The van der Waals surface area contributed by atoms with Gasteiger partial charge >= 0.3 is 0 Å². The largest absolute Gasteiger partial charge is 0.399 e. The predicted molar refractivity (Wildman–Crippen MR) is 229 cm³/mol. The van der Waals surface area contributed by atoms with Crippen LogP contribution in [0.1, 0.15) is 182 Å². The molecule has 4 aromatic carbocycles. The summed E-state index contributed by atoms with van der Waals surface area (Å²) in [5, 5.41) is 0. The van der Waals surface area contributed by atoms with Gasteiger partial charge in [0.05, 0.1) is 0 Å². The highest BCUT2D eigenvalue weighted by Crippen LogP contribution is 2.33. The molecule has 0 fully saturated rings. The molecule has 4 aromatic rings. The first kappa shape index (κ1) is 41.2. The summed E-state index contributed by atoms with van der Waals surface area (Å²) in [5.74, 6) is 1.50. The lowest BCUT2D eigenvalue weighted by Gasteiger charge is -2.21. The van der Waals surface area contributed by atoms with Gasteiger partial charge < -0.3 is 11.5 Å². The Morgan fingerprint density at radius 2 is 0.654 bits per heavy atom. The number of nitrogens with two attached hydrogens (primary N) is 2. The first-order valence-electron chi connectivity index (χ1n) is 21.4. The Labute approximate surface area is 319 Å². The molecule has 0 aliphatic heterocycles. The maximum Gasteiger partial charge on any atom is 0.0314 e. The van der Waals surface area contributed by atoms with Crippen molar-refractivity contribution in [1.82, 2.24) is 0 Å². The number of hydrogen-bond donors (Lipinski definition) is 2. The van der Waals surface area contributed by atoms with Crippen molar-refractivity contribution in [3.05, 3.63) is 130 Å². The molecule has 0 heterocycles. The van der Waals surface area contributed by atoms with Crippen LogP contribution >= 0.6 is 0 Å². The number of rotatable bonds is 26. The van der Waals surface area contributed by atoms with E-state index in [1.165, 1.54) is 149 Å². The fraction of sp³-hybridized carbons (Fsp3) is 0.520. The van der Waals surface area contributed by atoms with E-state index in [9.17, 15) is 0 Å². The first-order chi connectivity index (χ1) is 25.5. The molecule has 0 saturated carbocycles. The van der Waals surface area contributed by atoms with Gasteiger partial charge in [-0.05, 0) is 89.2 Å². The van der Waals surface area contributed by atoms with E-state index in [0.29, 0.717) is 17.8 Å². The second-order valence-electron chi connectivity index (χ2n) is 15.8. The van der Waals surface area contributed by atoms with Gasteiger partial charge in [0.2, 0.25) is 0 Å². The summed E-state index contributed by atoms with van der Waals surface area (Å²) in [6.45, 7) is 6.92. The minimum Gasteiger partial charge on any atom is -0.399 e. The summed E-state index contributed by atoms with van der Waals surface area (Å²) in [6.07, 6.45) is 25.9. The van der Waals surface area contributed by atoms with Crippen LogP contribution in [-0.4, -0.2) is 0 Å². The lowest BCUT2D eigenvalue weighted by Crippen LogP contribution is -2.09. The molecule has 0 amide bonds. The van der Waals surface area contributed by atoms with Gasteiger partial charge in [-0.2, -0.15) is 0 Å². The van der Waals surface area contributed by atoms with Crippen molar-refractivity contribution < 1.29 is 0 Å². The Bertz CT molecular complexity index is 1360. The van der Waals surface area contributed by atoms with Crippen LogP contribution in [0.15, 0.2) is 97.1 Å². The molecule has 2 unspecified atom stereocenters. The summed E-state index contributed by atoms with van der Waals surface area (Å²) in [4.78, 5) is 0. The van der Waals surface area contributed by atoms with E-state index in [2.05, 4.69) is 118 Å². The molecule has 0 aliphatic carbocycles. The van der Waals surface area contributed by atoms with E-state index in [0.717, 1.165) is 24.2 Å². The molecule has 2 nitrogen and oxygen atoms in total. The molecule has 0 bridgehead atoms. The van der Waals surface area contributed by atoms with E-state index < -0.39 is 0 Å². The van der Waals surface area contributed by atoms with Gasteiger partial charge in [-0.3, -0.25) is 0 Å². The summed E-state index contributed by atoms with van der Waals surface area (Å²) in [6, 6.07) is 36.5. The second kappa shape index (κ2) is 23.9. The maximum atomic E-state index is 6.07. The highest BCUT2D eigenvalue weighted by Gasteiger charge is 2.17. The summed E-state index contributed by atoms with van der Waals surface area (Å²) >= 11 is 0. The summed E-state index contributed by atoms with van der Waals surface area (Å²) in [5.41, 5.74) is 22.4. The van der Waals surface area contributed by atoms with Crippen LogP contribution in [0.4, 0.5) is 11.4 Å². The molecule has 0 radical (unpaired) electrons. The van der Waals surface area contributed by atoms with Gasteiger partial charge in [0.15, 0.2) is 0 Å². The van der Waals surface area contributed by atoms with Crippen LogP contribution in [0, 0.1) is 5.92 Å². The Morgan fingerprint density at radius 1 is 0.346 bits per heavy atom. The molecule has 0 aliphatic rings. The zero-order valence-electron chi connectivity index (χ0n) is 33.3. The number of anilines is 2. The number of unbranched alkanes of at least 4 members (excludes halogenated alkanes) is 12. The van der Waals surface area contributed by atoms with Crippen molar-refractivity contribution >= 4 is 11.4 Å². The molecule has 0 aromatic heterocycles. The van der Waals surface area contributed by atoms with Crippen LogP contribution in [-0.2, 0) is 12.8 Å². The number of hydrogen-bond acceptors (Lipinski definition) is 2. The lowest BCUT2D eigenvalue weighted by atomic mass is 9.84. The topological polar surface area (TPSA) is 52.0 Å². The molecule has 4 N–H and O–H groups in total. The number of benzene rings is 4. The normalized spacial score (nSPS) is 13.2. The molecule has 2 atom stereocenters. The molecule has 2 heteroatoms. The van der Waals surface area contributed by atoms with Crippen molar-refractivity contribution in [2.75, 3.05) is 11.5 Å². The Morgan fingerprint density at radius 3 is 0.981 bits per heavy atom. The smallest absolute Gasteiger partial charge is 0.0314 e. The van der Waals surface area contributed by atoms with Gasteiger partial charge in [0.25, 0.3) is 0 Å². The molecule has 0 saturated heterocycles. The Hall–Kier alpha value is -3.52. The zero-order chi connectivity index (χ0) is 36.8. The van der Waals surface area contributed by atoms with Crippen molar-refractivity contribution in [2.45, 2.75) is 161 Å². The van der Waals surface area contributed by atoms with Gasteiger partial charge in [-0.25, -0.2) is 0 Å². The van der Waals surface area contributed by atoms with Gasteiger partial charge in [0.1, 0.15) is 0 Å². The minimum atomic E-state index is 0.429. The summed E-state index contributed by atoms with van der Waals surface area (Å²) < 4.78 is 0. The van der Waals surface area contributed by atoms with Crippen LogP contribution in [0.5, 0.6) is 0 Å². The minimum absolute atomic E-state index is 0.429. The predicted octanol–water partition coefficient (Wildman–Crippen LogP) is 14.6. The Balaban J connectivity index is 1.38. The van der Waals surface area contributed by atoms with E-state index in [4.69, 9.17) is 11.5 Å². The van der Waals surface area contributed by atoms with Gasteiger partial charge in [-0.15, -0.1) is 0 Å². The molecule has 52 heavy (non-hydrogen) atoms. The van der Waals surface area contributed by atoms with Crippen molar-refractivity contribution in [3.63, 3.8) is 0 Å². The van der Waals surface area contributed by atoms with Crippen molar-refractivity contribution in [1.29, 1.82) is 0 Å². The highest BCUT2D eigenvalue weighted by atomic mass is 14.5. The fourth-order valence-electron chi connectivity index (χ4n) is 8.24. The van der Waals surface area contributed by atoms with E-state index >= 15 is 0 Å². The van der Waals surface area contributed by atoms with E-state index in [-0.39, 0.29) is 0 Å². The lowest BCUT2D eigenvalue weighted by molar-refractivity contribution is 0.474. The van der Waals surface area contributed by atoms with Crippen molar-refractivity contribution in [3.8, 4) is 0 Å². The molecule has 0 spiro atoms. The average Bonchev–Trinajstić information content (AvgIpc) is 3.16. The van der Waals surface area contributed by atoms with Crippen LogP contribution in [0.25, 0.3) is 0 Å². The number of nitrogen functional groups attached to an aromatic ring is 2. The van der Waals surface area contributed by atoms with Crippen LogP contribution < -0.4 is 11.5 Å². The summed E-state index contributed by atoms with van der Waals surface area (Å²) in [7, 11) is 0. The quantitative estimate of drug-likeness (QED) is 0.0506. The van der Waals surface area contributed by atoms with Gasteiger partial charge in [-0.1, -0.05) is 196 Å². The third kappa shape index (κ3) is 14.5. The molecule has 282 valence electrons. The third-order valence-corrected chi connectivity index (χ3v) is 11.4. The first-order valence-corrected chi connectivity index (χ1v) is 21.4. The maximum absolute atomic E-state index is 6.07. The van der Waals surface area contributed by atoms with Crippen molar-refractivity contribution in [2.24, 2.45) is 5.92 Å². The molecular formula is C50H72N2. The molecule has 4 rings (SSSR count). The standard InChI is InChI=1S/C50H72N2/c1-4-7-9-11-13-15-17-20-49(45-30-34-47(51)35-31-45)43-26-22-40(23-27-43)38-42(19-6-3)39-41-24-28-44(29-25-41)50(46-32-36-48(52)37-33-46)21-18-16-14-12-10-8-5-2/h22-37,42,49-50H,4-21,38-39,51-52H2,1-3H3. The third-order valence-electron chi connectivity index (χ3n) is 11.4.